The van der Waals surface area contributed by atoms with Gasteiger partial charge in [-0.15, -0.1) is 0 Å². The van der Waals surface area contributed by atoms with Gasteiger partial charge in [-0.3, -0.25) is 9.59 Å². The number of benzene rings is 1. The monoisotopic (exact) mass is 439 g/mol. The largest absolute Gasteiger partial charge is 0.352 e. The normalized spacial score (nSPS) is 19.6. The molecule has 0 saturated carbocycles. The van der Waals surface area contributed by atoms with Crippen LogP contribution in [0.25, 0.3) is 0 Å². The number of aromatic amines is 1. The van der Waals surface area contributed by atoms with Gasteiger partial charge in [0.1, 0.15) is 5.54 Å². The lowest BCUT2D eigenvalue weighted by Crippen LogP contribution is -2.61. The molecule has 1 aliphatic rings. The summed E-state index contributed by atoms with van der Waals surface area (Å²) in [5.41, 5.74) is 2.68. The minimum absolute atomic E-state index is 0.00504. The maximum Gasteiger partial charge on any atom is 0.240 e. The molecule has 0 radical (unpaired) electrons. The third kappa shape index (κ3) is 5.97. The lowest BCUT2D eigenvalue weighted by molar-refractivity contribution is -0.128. The summed E-state index contributed by atoms with van der Waals surface area (Å²) in [6.07, 6.45) is 10.9. The topological polar surface area (TPSA) is 98.9 Å². The van der Waals surface area contributed by atoms with E-state index in [0.29, 0.717) is 25.3 Å². The van der Waals surface area contributed by atoms with Gasteiger partial charge in [0.2, 0.25) is 12.3 Å². The Bertz CT molecular complexity index is 854. The van der Waals surface area contributed by atoms with Crippen molar-refractivity contribution < 1.29 is 9.59 Å². The molecule has 7 heteroatoms. The molecule has 174 valence electrons. The number of carbonyl (C=O) groups is 2. The number of nitrogens with one attached hydrogen (secondary N) is 4. The summed E-state index contributed by atoms with van der Waals surface area (Å²) in [6, 6.07) is 8.06. The number of H-pyrrole nitrogens is 1. The highest BCUT2D eigenvalue weighted by atomic mass is 16.2. The molecule has 0 fully saturated rings. The van der Waals surface area contributed by atoms with Crippen molar-refractivity contribution in [2.45, 2.75) is 70.4 Å². The highest BCUT2D eigenvalue weighted by Crippen LogP contribution is 2.30. The molecule has 2 aromatic rings. The van der Waals surface area contributed by atoms with Crippen LogP contribution in [0.2, 0.25) is 0 Å². The summed E-state index contributed by atoms with van der Waals surface area (Å²) < 4.78 is 0. The Labute approximate surface area is 191 Å². The van der Waals surface area contributed by atoms with E-state index in [2.05, 4.69) is 58.0 Å². The summed E-state index contributed by atoms with van der Waals surface area (Å²) in [5.74, 6) is 0.556. The van der Waals surface area contributed by atoms with Gasteiger partial charge in [0, 0.05) is 6.54 Å². The molecule has 3 unspecified atom stereocenters. The standard InChI is InChI=1S/C25H37N5O2/c1-3-5-8-19(4-2)14-30-25(12-11-20-9-6-7-10-21(20)13-25)24(32)27-16-23(29-18-31)22-15-26-17-28-22/h6-7,9-10,15,17-19,23,30H,3-5,8,11-14,16H2,1-2H3,(H,26,28)(H,27,32)(H,29,31). The quantitative estimate of drug-likeness (QED) is 0.361. The van der Waals surface area contributed by atoms with E-state index in [0.717, 1.165) is 31.5 Å². The second-order valence-electron chi connectivity index (χ2n) is 8.88. The fraction of sp³-hybridized carbons (Fsp3) is 0.560. The van der Waals surface area contributed by atoms with Crippen LogP contribution in [0.1, 0.15) is 68.8 Å². The number of aryl methyl sites for hydroxylation is 1. The van der Waals surface area contributed by atoms with Crippen molar-refractivity contribution in [3.05, 3.63) is 53.6 Å². The van der Waals surface area contributed by atoms with Crippen LogP contribution in [0.4, 0.5) is 0 Å². The van der Waals surface area contributed by atoms with Crippen molar-refractivity contribution in [2.75, 3.05) is 13.1 Å². The van der Waals surface area contributed by atoms with Crippen molar-refractivity contribution in [1.82, 2.24) is 25.9 Å². The van der Waals surface area contributed by atoms with E-state index in [1.54, 1.807) is 12.5 Å². The van der Waals surface area contributed by atoms with Gasteiger partial charge in [-0.2, -0.15) is 0 Å². The predicted molar refractivity (Wildman–Crippen MR) is 126 cm³/mol. The smallest absolute Gasteiger partial charge is 0.240 e. The summed E-state index contributed by atoms with van der Waals surface area (Å²) in [4.78, 5) is 31.7. The molecular weight excluding hydrogens is 402 g/mol. The van der Waals surface area contributed by atoms with Crippen molar-refractivity contribution in [3.8, 4) is 0 Å². The first-order valence-corrected chi connectivity index (χ1v) is 11.9. The van der Waals surface area contributed by atoms with Crippen molar-refractivity contribution in [3.63, 3.8) is 0 Å². The Morgan fingerprint density at radius 2 is 2.06 bits per heavy atom. The van der Waals surface area contributed by atoms with Gasteiger partial charge in [-0.25, -0.2) is 4.98 Å². The van der Waals surface area contributed by atoms with E-state index < -0.39 is 5.54 Å². The number of imidazole rings is 1. The number of hydrogen-bond acceptors (Lipinski definition) is 4. The van der Waals surface area contributed by atoms with Crippen LogP contribution in [0.15, 0.2) is 36.8 Å². The van der Waals surface area contributed by atoms with E-state index in [-0.39, 0.29) is 11.9 Å². The lowest BCUT2D eigenvalue weighted by atomic mass is 9.76. The molecule has 3 atom stereocenters. The van der Waals surface area contributed by atoms with Crippen molar-refractivity contribution in [2.24, 2.45) is 5.92 Å². The molecule has 0 spiro atoms. The van der Waals surface area contributed by atoms with Gasteiger partial charge in [-0.05, 0) is 49.3 Å². The molecule has 0 saturated heterocycles. The molecule has 4 N–H and O–H groups in total. The average molecular weight is 440 g/mol. The first-order valence-electron chi connectivity index (χ1n) is 11.9. The second kappa shape index (κ2) is 11.8. The van der Waals surface area contributed by atoms with Crippen molar-refractivity contribution in [1.29, 1.82) is 0 Å². The van der Waals surface area contributed by atoms with Gasteiger partial charge in [0.05, 0.1) is 24.3 Å². The van der Waals surface area contributed by atoms with Crippen LogP contribution in [0, 0.1) is 5.92 Å². The fourth-order valence-corrected chi connectivity index (χ4v) is 4.61. The van der Waals surface area contributed by atoms with Gasteiger partial charge in [-0.1, -0.05) is 57.4 Å². The minimum atomic E-state index is -0.645. The summed E-state index contributed by atoms with van der Waals surface area (Å²) in [6.45, 7) is 5.59. The van der Waals surface area contributed by atoms with Gasteiger partial charge in [0.25, 0.3) is 0 Å². The Morgan fingerprint density at radius 1 is 1.25 bits per heavy atom. The van der Waals surface area contributed by atoms with E-state index in [1.165, 1.54) is 30.4 Å². The fourth-order valence-electron chi connectivity index (χ4n) is 4.61. The summed E-state index contributed by atoms with van der Waals surface area (Å²) in [5, 5.41) is 9.58. The number of fused-ring (bicyclic) bond motifs is 1. The van der Waals surface area contributed by atoms with Crippen LogP contribution < -0.4 is 16.0 Å². The second-order valence-corrected chi connectivity index (χ2v) is 8.88. The molecule has 0 bridgehead atoms. The Balaban J connectivity index is 1.74. The molecule has 7 nitrogen and oxygen atoms in total. The molecule has 2 amide bonds. The minimum Gasteiger partial charge on any atom is -0.352 e. The molecule has 1 aliphatic carbocycles. The van der Waals surface area contributed by atoms with E-state index in [4.69, 9.17) is 0 Å². The number of nitrogens with zero attached hydrogens (tertiary/aromatic N) is 1. The Morgan fingerprint density at radius 3 is 2.75 bits per heavy atom. The number of unbranched alkanes of at least 4 members (excludes halogenated alkanes) is 1. The van der Waals surface area contributed by atoms with Gasteiger partial charge >= 0.3 is 0 Å². The number of carbonyl (C=O) groups excluding carboxylic acids is 2. The maximum atomic E-state index is 13.6. The highest BCUT2D eigenvalue weighted by Gasteiger charge is 2.41. The van der Waals surface area contributed by atoms with Crippen LogP contribution in [0.5, 0.6) is 0 Å². The summed E-state index contributed by atoms with van der Waals surface area (Å²) in [7, 11) is 0. The first kappa shape index (κ1) is 24.0. The SMILES string of the molecule is CCCCC(CC)CNC1(C(=O)NCC(NC=O)c2cnc[nH]2)CCc2ccccc2C1. The van der Waals surface area contributed by atoms with Crippen LogP contribution in [-0.2, 0) is 22.4 Å². The highest BCUT2D eigenvalue weighted by molar-refractivity contribution is 5.87. The first-order chi connectivity index (χ1) is 15.6. The Hall–Kier alpha value is -2.67. The molecule has 0 aliphatic heterocycles. The van der Waals surface area contributed by atoms with Gasteiger partial charge < -0.3 is 20.9 Å². The number of aromatic nitrogens is 2. The molecule has 3 rings (SSSR count). The number of amides is 2. The van der Waals surface area contributed by atoms with Crippen molar-refractivity contribution >= 4 is 12.3 Å². The van der Waals surface area contributed by atoms with Gasteiger partial charge in [0.15, 0.2) is 0 Å². The van der Waals surface area contributed by atoms with Crippen LogP contribution >= 0.6 is 0 Å². The zero-order valence-corrected chi connectivity index (χ0v) is 19.3. The predicted octanol–water partition coefficient (Wildman–Crippen LogP) is 3.05. The molecule has 1 aromatic heterocycles. The third-order valence-electron chi connectivity index (χ3n) is 6.77. The molecule has 1 heterocycles. The lowest BCUT2D eigenvalue weighted by Gasteiger charge is -2.39. The van der Waals surface area contributed by atoms with Crippen LogP contribution in [0.3, 0.4) is 0 Å². The zero-order chi connectivity index (χ0) is 22.8. The van der Waals surface area contributed by atoms with E-state index in [9.17, 15) is 9.59 Å². The number of hydrogen-bond donors (Lipinski definition) is 4. The summed E-state index contributed by atoms with van der Waals surface area (Å²) >= 11 is 0. The molecule has 1 aromatic carbocycles. The van der Waals surface area contributed by atoms with E-state index in [1.807, 2.05) is 6.07 Å². The zero-order valence-electron chi connectivity index (χ0n) is 19.3. The molecule has 32 heavy (non-hydrogen) atoms. The Kier molecular flexibility index (Phi) is 8.85. The average Bonchev–Trinajstić information content (AvgIpc) is 3.36. The van der Waals surface area contributed by atoms with Crippen LogP contribution in [-0.4, -0.2) is 40.9 Å². The number of rotatable bonds is 13. The van der Waals surface area contributed by atoms with E-state index >= 15 is 0 Å². The molecular formula is C25H37N5O2. The maximum absolute atomic E-state index is 13.6. The third-order valence-corrected chi connectivity index (χ3v) is 6.77.